The zero-order valence-electron chi connectivity index (χ0n) is 15.0. The number of fused-ring (bicyclic) bond motifs is 2. The third kappa shape index (κ3) is 2.89. The Hall–Kier alpha value is -2.41. The lowest BCUT2D eigenvalue weighted by Gasteiger charge is -2.37. The van der Waals surface area contributed by atoms with E-state index in [1.54, 1.807) is 6.07 Å². The van der Waals surface area contributed by atoms with E-state index >= 15 is 0 Å². The van der Waals surface area contributed by atoms with E-state index < -0.39 is 11.7 Å². The van der Waals surface area contributed by atoms with Gasteiger partial charge >= 0.3 is 6.18 Å². The van der Waals surface area contributed by atoms with Gasteiger partial charge in [-0.15, -0.1) is 0 Å². The van der Waals surface area contributed by atoms with Crippen LogP contribution in [0.1, 0.15) is 24.8 Å². The molecule has 5 rings (SSSR count). The Balaban J connectivity index is 1.66. The second-order valence-corrected chi connectivity index (χ2v) is 8.07. The minimum Gasteiger partial charge on any atom is -0.316 e. The summed E-state index contributed by atoms with van der Waals surface area (Å²) in [5.41, 5.74) is 0.867. The van der Waals surface area contributed by atoms with E-state index in [4.69, 9.17) is 0 Å². The molecule has 3 aliphatic heterocycles. The van der Waals surface area contributed by atoms with Gasteiger partial charge in [0.1, 0.15) is 11.7 Å². The van der Waals surface area contributed by atoms with E-state index in [-0.39, 0.29) is 0 Å². The summed E-state index contributed by atoms with van der Waals surface area (Å²) >= 11 is 1.51. The van der Waals surface area contributed by atoms with Gasteiger partial charge in [-0.2, -0.15) is 13.2 Å². The summed E-state index contributed by atoms with van der Waals surface area (Å²) in [5.74, 6) is 1.95. The molecule has 28 heavy (non-hydrogen) atoms. The van der Waals surface area contributed by atoms with Crippen molar-refractivity contribution in [2.45, 2.75) is 35.2 Å². The highest BCUT2D eigenvalue weighted by atomic mass is 32.2. The molecule has 2 aromatic carbocycles. The predicted octanol–water partition coefficient (Wildman–Crippen LogP) is 6.05. The lowest BCUT2D eigenvalue weighted by Crippen LogP contribution is -2.35. The molecule has 0 spiro atoms. The third-order valence-corrected chi connectivity index (χ3v) is 6.33. The van der Waals surface area contributed by atoms with Gasteiger partial charge in [0, 0.05) is 29.3 Å². The predicted molar refractivity (Wildman–Crippen MR) is 105 cm³/mol. The summed E-state index contributed by atoms with van der Waals surface area (Å²) in [6, 6.07) is 11.9. The first-order valence-corrected chi connectivity index (χ1v) is 10.1. The fourth-order valence-corrected chi connectivity index (χ4v) is 4.98. The normalized spacial score (nSPS) is 18.7. The van der Waals surface area contributed by atoms with E-state index in [2.05, 4.69) is 16.0 Å². The fraction of sp³-hybridized carbons (Fsp3) is 0.286. The van der Waals surface area contributed by atoms with E-state index in [9.17, 15) is 13.2 Å². The van der Waals surface area contributed by atoms with Crippen LogP contribution in [-0.4, -0.2) is 23.8 Å². The molecule has 3 heterocycles. The van der Waals surface area contributed by atoms with Crippen molar-refractivity contribution in [3.8, 4) is 0 Å². The van der Waals surface area contributed by atoms with Gasteiger partial charge in [-0.05, 0) is 49.2 Å². The van der Waals surface area contributed by atoms with Crippen molar-refractivity contribution < 1.29 is 13.2 Å². The molecule has 3 nitrogen and oxygen atoms in total. The molecule has 0 radical (unpaired) electrons. The van der Waals surface area contributed by atoms with Crippen LogP contribution in [0.2, 0.25) is 0 Å². The summed E-state index contributed by atoms with van der Waals surface area (Å²) in [5, 5.41) is 0. The van der Waals surface area contributed by atoms with Gasteiger partial charge in [-0.1, -0.05) is 23.9 Å². The highest BCUT2D eigenvalue weighted by Gasteiger charge is 2.36. The smallest absolute Gasteiger partial charge is 0.316 e. The molecular formula is C21H18F3N3S. The zero-order valence-corrected chi connectivity index (χ0v) is 15.9. The van der Waals surface area contributed by atoms with Gasteiger partial charge in [0.25, 0.3) is 0 Å². The molecule has 0 unspecified atom stereocenters. The number of para-hydroxylation sites is 1. The first kappa shape index (κ1) is 17.7. The second-order valence-electron chi connectivity index (χ2n) is 6.99. The van der Waals surface area contributed by atoms with Crippen LogP contribution in [0, 0.1) is 0 Å². The quantitative estimate of drug-likeness (QED) is 0.580. The maximum atomic E-state index is 13.4. The van der Waals surface area contributed by atoms with Crippen molar-refractivity contribution in [1.82, 2.24) is 4.90 Å². The number of rotatable bonds is 1. The molecule has 0 saturated carbocycles. The number of hydrogen-bond acceptors (Lipinski definition) is 4. The number of alkyl halides is 3. The van der Waals surface area contributed by atoms with Gasteiger partial charge in [0.05, 0.1) is 16.9 Å². The summed E-state index contributed by atoms with van der Waals surface area (Å²) in [7, 11) is 0. The lowest BCUT2D eigenvalue weighted by atomic mass is 10.1. The van der Waals surface area contributed by atoms with E-state index in [0.29, 0.717) is 5.69 Å². The van der Waals surface area contributed by atoms with Gasteiger partial charge in [-0.25, -0.2) is 0 Å². The molecule has 0 saturated heterocycles. The average molecular weight is 401 g/mol. The average Bonchev–Trinajstić information content (AvgIpc) is 3.36. The van der Waals surface area contributed by atoms with Gasteiger partial charge in [0.15, 0.2) is 0 Å². The molecule has 0 aliphatic carbocycles. The Morgan fingerprint density at radius 3 is 2.61 bits per heavy atom. The Kier molecular flexibility index (Phi) is 4.16. The van der Waals surface area contributed by atoms with Crippen molar-refractivity contribution in [3.63, 3.8) is 0 Å². The van der Waals surface area contributed by atoms with Gasteiger partial charge in [-0.3, -0.25) is 9.89 Å². The first-order valence-electron chi connectivity index (χ1n) is 9.32. The fourth-order valence-electron chi connectivity index (χ4n) is 3.94. The van der Waals surface area contributed by atoms with E-state index in [1.165, 1.54) is 23.9 Å². The van der Waals surface area contributed by atoms with Gasteiger partial charge in [0.2, 0.25) is 0 Å². The Bertz CT molecular complexity index is 997. The van der Waals surface area contributed by atoms with Crippen molar-refractivity contribution in [2.75, 3.05) is 18.0 Å². The highest BCUT2D eigenvalue weighted by molar-refractivity contribution is 7.99. The Morgan fingerprint density at radius 2 is 1.82 bits per heavy atom. The van der Waals surface area contributed by atoms with Crippen LogP contribution in [0.5, 0.6) is 0 Å². The van der Waals surface area contributed by atoms with E-state index in [1.807, 2.05) is 29.2 Å². The Morgan fingerprint density at radius 1 is 1.00 bits per heavy atom. The maximum absolute atomic E-state index is 13.4. The maximum Gasteiger partial charge on any atom is 0.416 e. The number of nitrogens with zero attached hydrogens (tertiary/aromatic N) is 3. The van der Waals surface area contributed by atoms with E-state index in [0.717, 1.165) is 59.5 Å². The van der Waals surface area contributed by atoms with Crippen molar-refractivity contribution in [3.05, 3.63) is 59.9 Å². The molecule has 3 aliphatic rings. The number of halogens is 3. The second kappa shape index (κ2) is 6.58. The molecule has 0 bridgehead atoms. The summed E-state index contributed by atoms with van der Waals surface area (Å²) < 4.78 is 40.2. The third-order valence-electron chi connectivity index (χ3n) is 5.20. The molecule has 144 valence electrons. The number of hydrogen-bond donors (Lipinski definition) is 0. The molecular weight excluding hydrogens is 383 g/mol. The van der Waals surface area contributed by atoms with Crippen molar-refractivity contribution >= 4 is 29.0 Å². The topological polar surface area (TPSA) is 18.8 Å². The molecule has 0 aromatic heterocycles. The van der Waals surface area contributed by atoms with Crippen LogP contribution in [-0.2, 0) is 6.18 Å². The Labute approximate surface area is 165 Å². The highest BCUT2D eigenvalue weighted by Crippen LogP contribution is 2.51. The van der Waals surface area contributed by atoms with Crippen LogP contribution < -0.4 is 4.90 Å². The largest absolute Gasteiger partial charge is 0.416 e. The lowest BCUT2D eigenvalue weighted by molar-refractivity contribution is -0.137. The summed E-state index contributed by atoms with van der Waals surface area (Å²) in [6.07, 6.45) is 0.533. The van der Waals surface area contributed by atoms with Crippen LogP contribution in [0.15, 0.2) is 69.1 Å². The molecule has 0 N–H and O–H groups in total. The van der Waals surface area contributed by atoms with Gasteiger partial charge < -0.3 is 4.90 Å². The minimum atomic E-state index is -4.37. The van der Waals surface area contributed by atoms with Crippen LogP contribution in [0.25, 0.3) is 0 Å². The number of amidine groups is 1. The molecule has 0 amide bonds. The standard InChI is InChI=1S/C21H18F3N3S/c22-21(23,24)14-9-10-18-16(13-14)27(15-5-1-2-6-17(15)28-18)20-8-4-12-26(20)19-7-3-11-25-19/h1-2,5-6,8-10,13H,3-4,7,11-12H2. The monoisotopic (exact) mass is 401 g/mol. The number of benzene rings is 2. The number of anilines is 2. The molecule has 0 fully saturated rings. The summed E-state index contributed by atoms with van der Waals surface area (Å²) in [4.78, 5) is 10.6. The van der Waals surface area contributed by atoms with Crippen LogP contribution in [0.3, 0.4) is 0 Å². The summed E-state index contributed by atoms with van der Waals surface area (Å²) in [6.45, 7) is 1.63. The van der Waals surface area contributed by atoms with Crippen LogP contribution >= 0.6 is 11.8 Å². The zero-order chi connectivity index (χ0) is 19.3. The molecule has 2 aromatic rings. The van der Waals surface area contributed by atoms with Crippen LogP contribution in [0.4, 0.5) is 24.5 Å². The number of aliphatic imine (C=N–C) groups is 1. The minimum absolute atomic E-state index is 0.579. The molecule has 7 heteroatoms. The SMILES string of the molecule is FC(F)(F)c1ccc2c(c1)N(C1=CCCN1C1=NCCC1)c1ccccc1S2. The van der Waals surface area contributed by atoms with Crippen molar-refractivity contribution in [2.24, 2.45) is 4.99 Å². The first-order chi connectivity index (χ1) is 13.5. The van der Waals surface area contributed by atoms with Crippen molar-refractivity contribution in [1.29, 1.82) is 0 Å². The molecule has 0 atom stereocenters.